The number of carboxylic acids is 1. The summed E-state index contributed by atoms with van der Waals surface area (Å²) in [6.45, 7) is 10.4. The average Bonchev–Trinajstić information content (AvgIpc) is 2.56. The van der Waals surface area contributed by atoms with Crippen LogP contribution in [0, 0.1) is 0 Å². The number of carbonyl (C=O) groups excluding carboxylic acids is 1. The maximum atomic E-state index is 12.4. The first-order valence-corrected chi connectivity index (χ1v) is 8.92. The van der Waals surface area contributed by atoms with Gasteiger partial charge in [0.1, 0.15) is 17.1 Å². The zero-order valence-electron chi connectivity index (χ0n) is 17.8. The van der Waals surface area contributed by atoms with Gasteiger partial charge in [0, 0.05) is 11.6 Å². The molecule has 2 atom stereocenters. The molecule has 1 aromatic carbocycles. The number of alkyl carbamates (subject to hydrolysis) is 1. The number of amides is 1. The predicted molar refractivity (Wildman–Crippen MR) is 104 cm³/mol. The largest absolute Gasteiger partial charge is 0.497 e. The highest BCUT2D eigenvalue weighted by Crippen LogP contribution is 2.32. The Hall–Kier alpha value is -2.48. The van der Waals surface area contributed by atoms with E-state index in [1.165, 1.54) is 14.2 Å². The number of carbonyl (C=O) groups is 2. The number of nitrogens with one attached hydrogen (secondary N) is 1. The van der Waals surface area contributed by atoms with Crippen LogP contribution in [-0.2, 0) is 19.9 Å². The van der Waals surface area contributed by atoms with Gasteiger partial charge in [0.15, 0.2) is 6.04 Å². The van der Waals surface area contributed by atoms with Crippen LogP contribution in [0.4, 0.5) is 4.79 Å². The third-order valence-electron chi connectivity index (χ3n) is 3.94. The number of hydrogen-bond acceptors (Lipinski definition) is 6. The van der Waals surface area contributed by atoms with Gasteiger partial charge in [-0.15, -0.1) is 0 Å². The molecule has 0 radical (unpaired) electrons. The van der Waals surface area contributed by atoms with Crippen LogP contribution >= 0.6 is 0 Å². The van der Waals surface area contributed by atoms with Gasteiger partial charge < -0.3 is 29.4 Å². The predicted octanol–water partition coefficient (Wildman–Crippen LogP) is 3.32. The summed E-state index contributed by atoms with van der Waals surface area (Å²) in [5.74, 6) is -0.126. The van der Waals surface area contributed by atoms with Crippen LogP contribution in [-0.4, -0.2) is 49.1 Å². The van der Waals surface area contributed by atoms with Crippen LogP contribution in [0.1, 0.15) is 47.1 Å². The summed E-state index contributed by atoms with van der Waals surface area (Å²) in [6, 6.07) is 3.87. The summed E-state index contributed by atoms with van der Waals surface area (Å²) in [4.78, 5) is 24.0. The molecule has 1 rings (SSSR count). The second-order valence-electron chi connectivity index (χ2n) is 7.90. The lowest BCUT2D eigenvalue weighted by Gasteiger charge is -2.31. The molecule has 0 fully saturated rings. The Bertz CT molecular complexity index is 672. The van der Waals surface area contributed by atoms with Crippen LogP contribution in [0.15, 0.2) is 18.2 Å². The fourth-order valence-electron chi connectivity index (χ4n) is 2.61. The highest BCUT2D eigenvalue weighted by Gasteiger charge is 2.33. The molecule has 1 amide bonds. The molecule has 0 aromatic heterocycles. The molecule has 158 valence electrons. The fourth-order valence-corrected chi connectivity index (χ4v) is 2.61. The molecule has 0 bridgehead atoms. The third kappa shape index (κ3) is 6.92. The second kappa shape index (κ2) is 9.14. The van der Waals surface area contributed by atoms with E-state index >= 15 is 0 Å². The van der Waals surface area contributed by atoms with Gasteiger partial charge in [0.05, 0.1) is 25.9 Å². The highest BCUT2D eigenvalue weighted by molar-refractivity contribution is 5.80. The molecule has 0 aliphatic carbocycles. The summed E-state index contributed by atoms with van der Waals surface area (Å²) in [5.41, 5.74) is -0.997. The lowest BCUT2D eigenvalue weighted by Crippen LogP contribution is -2.51. The van der Waals surface area contributed by atoms with Gasteiger partial charge in [-0.3, -0.25) is 0 Å². The second-order valence-corrected chi connectivity index (χ2v) is 7.90. The van der Waals surface area contributed by atoms with E-state index in [-0.39, 0.29) is 0 Å². The molecule has 0 saturated carbocycles. The number of rotatable bonds is 8. The Morgan fingerprint density at radius 2 is 1.50 bits per heavy atom. The minimum absolute atomic E-state index is 0.544. The minimum atomic E-state index is -1.26. The number of methoxy groups -OCH3 is 2. The topological polar surface area (TPSA) is 103 Å². The van der Waals surface area contributed by atoms with Crippen LogP contribution in [0.5, 0.6) is 11.5 Å². The summed E-state index contributed by atoms with van der Waals surface area (Å²) < 4.78 is 21.6. The van der Waals surface area contributed by atoms with E-state index in [0.717, 1.165) is 0 Å². The van der Waals surface area contributed by atoms with Gasteiger partial charge in [-0.25, -0.2) is 9.59 Å². The fraction of sp³-hybridized carbons (Fsp3) is 0.600. The van der Waals surface area contributed by atoms with Gasteiger partial charge in [-0.05, 0) is 53.7 Å². The van der Waals surface area contributed by atoms with E-state index in [0.29, 0.717) is 17.1 Å². The van der Waals surface area contributed by atoms with Crippen molar-refractivity contribution in [3.63, 3.8) is 0 Å². The normalized spacial score (nSPS) is 14.0. The molecule has 2 N–H and O–H groups in total. The number of ether oxygens (including phenoxy) is 4. The molecule has 1 aromatic rings. The van der Waals surface area contributed by atoms with Gasteiger partial charge in [0.25, 0.3) is 0 Å². The van der Waals surface area contributed by atoms with E-state index in [1.807, 2.05) is 0 Å². The van der Waals surface area contributed by atoms with Gasteiger partial charge in [-0.1, -0.05) is 0 Å². The summed E-state index contributed by atoms with van der Waals surface area (Å²) in [7, 11) is 3.04. The van der Waals surface area contributed by atoms with Crippen molar-refractivity contribution < 1.29 is 33.6 Å². The van der Waals surface area contributed by atoms with E-state index in [1.54, 1.807) is 59.7 Å². The highest BCUT2D eigenvalue weighted by atomic mass is 16.6. The molecule has 0 spiro atoms. The van der Waals surface area contributed by atoms with Crippen molar-refractivity contribution in [3.05, 3.63) is 23.8 Å². The molecule has 8 heteroatoms. The maximum absolute atomic E-state index is 12.4. The summed E-state index contributed by atoms with van der Waals surface area (Å²) >= 11 is 0. The Labute approximate surface area is 166 Å². The molecule has 28 heavy (non-hydrogen) atoms. The van der Waals surface area contributed by atoms with Crippen molar-refractivity contribution in [1.82, 2.24) is 5.32 Å². The monoisotopic (exact) mass is 397 g/mol. The lowest BCUT2D eigenvalue weighted by molar-refractivity contribution is -0.147. The average molecular weight is 397 g/mol. The first kappa shape index (κ1) is 23.6. The van der Waals surface area contributed by atoms with Crippen molar-refractivity contribution in [1.29, 1.82) is 0 Å². The Morgan fingerprint density at radius 3 is 1.89 bits per heavy atom. The van der Waals surface area contributed by atoms with E-state index in [9.17, 15) is 14.7 Å². The molecule has 0 aliphatic heterocycles. The first-order valence-electron chi connectivity index (χ1n) is 8.92. The number of aliphatic carboxylic acids is 1. The quantitative estimate of drug-likeness (QED) is 0.693. The number of carboxylic acid groups (broad SMARTS) is 1. The Morgan fingerprint density at radius 1 is 1.00 bits per heavy atom. The zero-order chi connectivity index (χ0) is 21.7. The molecule has 0 saturated heterocycles. The van der Waals surface area contributed by atoms with E-state index < -0.39 is 35.4 Å². The zero-order valence-corrected chi connectivity index (χ0v) is 17.8. The summed E-state index contributed by atoms with van der Waals surface area (Å²) in [5, 5.41) is 11.8. The van der Waals surface area contributed by atoms with E-state index in [2.05, 4.69) is 5.32 Å². The molecule has 0 heterocycles. The third-order valence-corrected chi connectivity index (χ3v) is 3.94. The van der Waals surface area contributed by atoms with Crippen molar-refractivity contribution in [2.75, 3.05) is 14.2 Å². The van der Waals surface area contributed by atoms with Crippen LogP contribution in [0.3, 0.4) is 0 Å². The number of benzene rings is 1. The maximum Gasteiger partial charge on any atom is 0.408 e. The van der Waals surface area contributed by atoms with Crippen LogP contribution in [0.25, 0.3) is 0 Å². The van der Waals surface area contributed by atoms with Crippen molar-refractivity contribution in [2.24, 2.45) is 0 Å². The molecular weight excluding hydrogens is 366 g/mol. The Balaban J connectivity index is 2.96. The van der Waals surface area contributed by atoms with Gasteiger partial charge in [0.2, 0.25) is 0 Å². The van der Waals surface area contributed by atoms with Gasteiger partial charge in [-0.2, -0.15) is 0 Å². The van der Waals surface area contributed by atoms with E-state index in [4.69, 9.17) is 18.9 Å². The first-order chi connectivity index (χ1) is 12.8. The standard InChI is InChI=1S/C20H31NO7/c1-12(27-19(2,3)4)16(17(22)23)21-18(24)28-20(5,6)13-9-14(25-7)11-15(10-13)26-8/h9-12,16H,1-8H3,(H,21,24)(H,22,23)/t12-,16-/m0/s1. The smallest absolute Gasteiger partial charge is 0.408 e. The molecule has 0 aliphatic rings. The van der Waals surface area contributed by atoms with Crippen LogP contribution in [0.2, 0.25) is 0 Å². The molecule has 8 nitrogen and oxygen atoms in total. The minimum Gasteiger partial charge on any atom is -0.497 e. The number of hydrogen-bond donors (Lipinski definition) is 2. The molecule has 0 unspecified atom stereocenters. The Kier molecular flexibility index (Phi) is 7.69. The molecular formula is C20H31NO7. The lowest BCUT2D eigenvalue weighted by atomic mass is 9.97. The van der Waals surface area contributed by atoms with Crippen LogP contribution < -0.4 is 14.8 Å². The van der Waals surface area contributed by atoms with Gasteiger partial charge >= 0.3 is 12.1 Å². The van der Waals surface area contributed by atoms with Crippen molar-refractivity contribution in [3.8, 4) is 11.5 Å². The summed E-state index contributed by atoms with van der Waals surface area (Å²) in [6.07, 6.45) is -1.63. The SMILES string of the molecule is COc1cc(OC)cc(C(C)(C)OC(=O)N[C@H](C(=O)O)[C@H](C)OC(C)(C)C)c1. The van der Waals surface area contributed by atoms with Crippen molar-refractivity contribution >= 4 is 12.1 Å². The van der Waals surface area contributed by atoms with Crippen molar-refractivity contribution in [2.45, 2.75) is 64.9 Å².